The minimum absolute atomic E-state index is 0.145. The highest BCUT2D eigenvalue weighted by Gasteiger charge is 2.17. The summed E-state index contributed by atoms with van der Waals surface area (Å²) >= 11 is 0. The molecular formula is C26H24O. The topological polar surface area (TPSA) is 13.1 Å². The van der Waals surface area contributed by atoms with E-state index in [1.807, 2.05) is 24.3 Å². The van der Waals surface area contributed by atoms with Gasteiger partial charge >= 0.3 is 0 Å². The first kappa shape index (κ1) is 17.4. The van der Waals surface area contributed by atoms with E-state index in [2.05, 4.69) is 87.5 Å². The van der Waals surface area contributed by atoms with E-state index in [-0.39, 0.29) is 5.41 Å². The fraction of sp³-hybridized carbons (Fsp3) is 0.154. The lowest BCUT2D eigenvalue weighted by Gasteiger charge is -2.18. The first-order valence-electron chi connectivity index (χ1n) is 9.38. The van der Waals surface area contributed by atoms with Crippen molar-refractivity contribution >= 4 is 0 Å². The van der Waals surface area contributed by atoms with Gasteiger partial charge < -0.3 is 4.42 Å². The van der Waals surface area contributed by atoms with Gasteiger partial charge in [0.15, 0.2) is 0 Å². The third-order valence-corrected chi connectivity index (χ3v) is 4.89. The Morgan fingerprint density at radius 1 is 0.593 bits per heavy atom. The number of rotatable bonds is 3. The zero-order chi connectivity index (χ0) is 18.9. The summed E-state index contributed by atoms with van der Waals surface area (Å²) in [4.78, 5) is 0. The summed E-state index contributed by atoms with van der Waals surface area (Å²) in [6, 6.07) is 31.6. The van der Waals surface area contributed by atoms with E-state index in [9.17, 15) is 0 Å². The maximum atomic E-state index is 6.37. The highest BCUT2D eigenvalue weighted by atomic mass is 16.3. The van der Waals surface area contributed by atoms with Gasteiger partial charge in [-0.05, 0) is 22.6 Å². The Hall–Kier alpha value is -3.06. The average molecular weight is 352 g/mol. The minimum atomic E-state index is 0.145. The van der Waals surface area contributed by atoms with Crippen molar-refractivity contribution in [2.45, 2.75) is 26.2 Å². The van der Waals surface area contributed by atoms with Crippen molar-refractivity contribution in [3.05, 3.63) is 96.6 Å². The molecule has 0 unspecified atom stereocenters. The van der Waals surface area contributed by atoms with Crippen LogP contribution < -0.4 is 0 Å². The van der Waals surface area contributed by atoms with Gasteiger partial charge in [-0.1, -0.05) is 106 Å². The predicted octanol–water partition coefficient (Wildman–Crippen LogP) is 7.58. The summed E-state index contributed by atoms with van der Waals surface area (Å²) in [6.45, 7) is 6.70. The molecule has 0 N–H and O–H groups in total. The van der Waals surface area contributed by atoms with Crippen molar-refractivity contribution in [1.82, 2.24) is 0 Å². The molecule has 3 aromatic carbocycles. The van der Waals surface area contributed by atoms with E-state index < -0.39 is 0 Å². The Morgan fingerprint density at radius 3 is 1.70 bits per heavy atom. The lowest BCUT2D eigenvalue weighted by molar-refractivity contribution is 0.588. The van der Waals surface area contributed by atoms with Gasteiger partial charge in [-0.25, -0.2) is 0 Å². The summed E-state index contributed by atoms with van der Waals surface area (Å²) in [7, 11) is 0. The molecule has 134 valence electrons. The number of benzene rings is 3. The molecule has 0 saturated carbocycles. The number of furan rings is 1. The van der Waals surface area contributed by atoms with Crippen molar-refractivity contribution in [3.8, 4) is 33.8 Å². The molecule has 0 bridgehead atoms. The van der Waals surface area contributed by atoms with Gasteiger partial charge in [0.05, 0.1) is 0 Å². The van der Waals surface area contributed by atoms with Crippen molar-refractivity contribution in [1.29, 1.82) is 0 Å². The van der Waals surface area contributed by atoms with Crippen LogP contribution in [0.25, 0.3) is 33.8 Å². The second-order valence-corrected chi connectivity index (χ2v) is 7.91. The summed E-state index contributed by atoms with van der Waals surface area (Å²) < 4.78 is 6.37. The van der Waals surface area contributed by atoms with Gasteiger partial charge in [-0.15, -0.1) is 0 Å². The van der Waals surface area contributed by atoms with Crippen molar-refractivity contribution < 1.29 is 4.42 Å². The Morgan fingerprint density at radius 2 is 1.15 bits per heavy atom. The zero-order valence-electron chi connectivity index (χ0n) is 16.1. The molecule has 0 saturated heterocycles. The molecule has 27 heavy (non-hydrogen) atoms. The first-order chi connectivity index (χ1) is 13.0. The molecular weight excluding hydrogens is 328 g/mol. The average Bonchev–Trinajstić information content (AvgIpc) is 3.14. The second-order valence-electron chi connectivity index (χ2n) is 7.91. The molecule has 0 aliphatic carbocycles. The molecule has 1 nitrogen and oxygen atoms in total. The molecule has 0 fully saturated rings. The van der Waals surface area contributed by atoms with E-state index in [4.69, 9.17) is 4.42 Å². The summed E-state index contributed by atoms with van der Waals surface area (Å²) in [5, 5.41) is 0. The van der Waals surface area contributed by atoms with Crippen molar-refractivity contribution in [3.63, 3.8) is 0 Å². The van der Waals surface area contributed by atoms with Crippen molar-refractivity contribution in [2.75, 3.05) is 0 Å². The third kappa shape index (κ3) is 3.59. The van der Waals surface area contributed by atoms with Gasteiger partial charge in [0, 0.05) is 16.7 Å². The summed E-state index contributed by atoms with van der Waals surface area (Å²) in [5.74, 6) is 1.81. The Kier molecular flexibility index (Phi) is 4.45. The van der Waals surface area contributed by atoms with Crippen LogP contribution in [0, 0.1) is 0 Å². The molecule has 0 atom stereocenters. The molecule has 4 rings (SSSR count). The molecule has 1 heteroatoms. The predicted molar refractivity (Wildman–Crippen MR) is 114 cm³/mol. The highest BCUT2D eigenvalue weighted by molar-refractivity contribution is 5.83. The highest BCUT2D eigenvalue weighted by Crippen LogP contribution is 2.39. The Bertz CT molecular complexity index is 960. The summed E-state index contributed by atoms with van der Waals surface area (Å²) in [5.41, 5.74) is 5.95. The first-order valence-corrected chi connectivity index (χ1v) is 9.38. The Balaban J connectivity index is 1.82. The van der Waals surface area contributed by atoms with E-state index in [0.717, 1.165) is 33.8 Å². The van der Waals surface area contributed by atoms with Gasteiger partial charge in [0.2, 0.25) is 0 Å². The zero-order valence-corrected chi connectivity index (χ0v) is 16.1. The van der Waals surface area contributed by atoms with Crippen LogP contribution in [0.4, 0.5) is 0 Å². The SMILES string of the molecule is CC(C)(C)c1ccc(-c2cc(-c3ccccc3)c(-c3ccccc3)o2)cc1. The van der Waals surface area contributed by atoms with Crippen LogP contribution >= 0.6 is 0 Å². The standard InChI is InChI=1S/C26H24O/c1-26(2,3)22-16-14-20(15-17-22)24-18-23(19-10-6-4-7-11-19)25(27-24)21-12-8-5-9-13-21/h4-18H,1-3H3. The fourth-order valence-corrected chi connectivity index (χ4v) is 3.30. The van der Waals surface area contributed by atoms with Gasteiger partial charge in [0.25, 0.3) is 0 Å². The van der Waals surface area contributed by atoms with Crippen LogP contribution in [0.15, 0.2) is 95.4 Å². The summed E-state index contributed by atoms with van der Waals surface area (Å²) in [6.07, 6.45) is 0. The van der Waals surface area contributed by atoms with E-state index >= 15 is 0 Å². The van der Waals surface area contributed by atoms with Gasteiger partial charge in [-0.2, -0.15) is 0 Å². The number of hydrogen-bond acceptors (Lipinski definition) is 1. The quantitative estimate of drug-likeness (QED) is 0.370. The molecule has 0 aliphatic heterocycles. The Labute approximate surface area is 161 Å². The molecule has 0 amide bonds. The van der Waals surface area contributed by atoms with E-state index in [1.165, 1.54) is 5.56 Å². The molecule has 1 heterocycles. The normalized spacial score (nSPS) is 11.5. The van der Waals surface area contributed by atoms with Crippen molar-refractivity contribution in [2.24, 2.45) is 0 Å². The molecule has 0 spiro atoms. The molecule has 0 aliphatic rings. The molecule has 0 radical (unpaired) electrons. The van der Waals surface area contributed by atoms with E-state index in [0.29, 0.717) is 0 Å². The van der Waals surface area contributed by atoms with Gasteiger partial charge in [0.1, 0.15) is 11.5 Å². The van der Waals surface area contributed by atoms with Crippen LogP contribution in [0.1, 0.15) is 26.3 Å². The minimum Gasteiger partial charge on any atom is -0.455 e. The maximum absolute atomic E-state index is 6.37. The lowest BCUT2D eigenvalue weighted by atomic mass is 9.86. The second kappa shape index (κ2) is 6.92. The van der Waals surface area contributed by atoms with Gasteiger partial charge in [-0.3, -0.25) is 0 Å². The van der Waals surface area contributed by atoms with E-state index in [1.54, 1.807) is 0 Å². The largest absolute Gasteiger partial charge is 0.455 e. The lowest BCUT2D eigenvalue weighted by Crippen LogP contribution is -2.10. The van der Waals surface area contributed by atoms with Crippen LogP contribution in [-0.4, -0.2) is 0 Å². The molecule has 4 aromatic rings. The number of hydrogen-bond donors (Lipinski definition) is 0. The molecule has 1 aromatic heterocycles. The van der Waals surface area contributed by atoms with Crippen LogP contribution in [0.3, 0.4) is 0 Å². The van der Waals surface area contributed by atoms with Crippen LogP contribution in [0.2, 0.25) is 0 Å². The van der Waals surface area contributed by atoms with Crippen LogP contribution in [-0.2, 0) is 5.41 Å². The van der Waals surface area contributed by atoms with Crippen LogP contribution in [0.5, 0.6) is 0 Å². The maximum Gasteiger partial charge on any atom is 0.142 e. The monoisotopic (exact) mass is 352 g/mol. The third-order valence-electron chi connectivity index (χ3n) is 4.89. The fourth-order valence-electron chi connectivity index (χ4n) is 3.30. The smallest absolute Gasteiger partial charge is 0.142 e.